The van der Waals surface area contributed by atoms with Crippen molar-refractivity contribution in [1.29, 1.82) is 0 Å². The zero-order valence-corrected chi connectivity index (χ0v) is 12.5. The van der Waals surface area contributed by atoms with Gasteiger partial charge in [-0.3, -0.25) is 10.1 Å². The highest BCUT2D eigenvalue weighted by Gasteiger charge is 2.08. The van der Waals surface area contributed by atoms with E-state index in [1.54, 1.807) is 37.6 Å². The summed E-state index contributed by atoms with van der Waals surface area (Å²) in [6, 6.07) is 10.5. The molecule has 0 aliphatic heterocycles. The third-order valence-electron chi connectivity index (χ3n) is 2.74. The first-order valence-electron chi connectivity index (χ1n) is 6.27. The van der Waals surface area contributed by atoms with Crippen molar-refractivity contribution in [1.82, 2.24) is 10.3 Å². The lowest BCUT2D eigenvalue weighted by molar-refractivity contribution is 0.0977. The molecule has 0 aliphatic carbocycles. The molecular formula is C15H15N3O2S. The molecule has 108 valence electrons. The van der Waals surface area contributed by atoms with Gasteiger partial charge in [0, 0.05) is 11.8 Å². The van der Waals surface area contributed by atoms with Gasteiger partial charge in [-0.15, -0.1) is 0 Å². The molecule has 0 saturated heterocycles. The number of nitrogens with one attached hydrogen (secondary N) is 2. The van der Waals surface area contributed by atoms with Crippen molar-refractivity contribution in [3.63, 3.8) is 0 Å². The van der Waals surface area contributed by atoms with Crippen LogP contribution in [0, 0.1) is 6.92 Å². The number of hydrogen-bond acceptors (Lipinski definition) is 4. The Morgan fingerprint density at radius 2 is 1.95 bits per heavy atom. The summed E-state index contributed by atoms with van der Waals surface area (Å²) in [4.78, 5) is 16.1. The van der Waals surface area contributed by atoms with Gasteiger partial charge in [-0.25, -0.2) is 4.98 Å². The number of benzene rings is 1. The molecule has 0 spiro atoms. The van der Waals surface area contributed by atoms with E-state index in [0.29, 0.717) is 17.1 Å². The molecule has 0 aliphatic rings. The lowest BCUT2D eigenvalue weighted by atomic mass is 10.2. The summed E-state index contributed by atoms with van der Waals surface area (Å²) in [5, 5.41) is 5.67. The third-order valence-corrected chi connectivity index (χ3v) is 2.94. The molecule has 1 aromatic heterocycles. The van der Waals surface area contributed by atoms with Gasteiger partial charge in [-0.05, 0) is 61.1 Å². The number of ether oxygens (including phenoxy) is 1. The minimum absolute atomic E-state index is 0.203. The Morgan fingerprint density at radius 3 is 2.57 bits per heavy atom. The summed E-state index contributed by atoms with van der Waals surface area (Å²) < 4.78 is 5.04. The van der Waals surface area contributed by atoms with E-state index in [-0.39, 0.29) is 11.0 Å². The quantitative estimate of drug-likeness (QED) is 0.853. The molecule has 0 unspecified atom stereocenters. The minimum atomic E-state index is -0.289. The van der Waals surface area contributed by atoms with Crippen LogP contribution in [0.3, 0.4) is 0 Å². The number of anilines is 1. The molecule has 0 bridgehead atoms. The fourth-order valence-corrected chi connectivity index (χ4v) is 1.87. The smallest absolute Gasteiger partial charge is 0.257 e. The molecule has 0 radical (unpaired) electrons. The molecule has 1 aromatic carbocycles. The molecule has 0 atom stereocenters. The van der Waals surface area contributed by atoms with Crippen LogP contribution >= 0.6 is 12.2 Å². The Labute approximate surface area is 128 Å². The average Bonchev–Trinajstić information content (AvgIpc) is 2.47. The lowest BCUT2D eigenvalue weighted by Gasteiger charge is -2.09. The first-order chi connectivity index (χ1) is 10.1. The number of rotatable bonds is 3. The van der Waals surface area contributed by atoms with E-state index >= 15 is 0 Å². The number of thiocarbonyl (C=S) groups is 1. The zero-order chi connectivity index (χ0) is 15.2. The first-order valence-corrected chi connectivity index (χ1v) is 6.68. The monoisotopic (exact) mass is 301 g/mol. The van der Waals surface area contributed by atoms with Crippen molar-refractivity contribution >= 4 is 29.1 Å². The lowest BCUT2D eigenvalue weighted by Crippen LogP contribution is -2.34. The van der Waals surface area contributed by atoms with Crippen molar-refractivity contribution in [2.75, 3.05) is 12.4 Å². The van der Waals surface area contributed by atoms with Gasteiger partial charge in [0.1, 0.15) is 11.6 Å². The summed E-state index contributed by atoms with van der Waals surface area (Å²) >= 11 is 5.10. The van der Waals surface area contributed by atoms with Gasteiger partial charge >= 0.3 is 0 Å². The highest BCUT2D eigenvalue weighted by molar-refractivity contribution is 7.80. The molecule has 0 saturated carbocycles. The number of carbonyl (C=O) groups is 1. The summed E-state index contributed by atoms with van der Waals surface area (Å²) in [7, 11) is 1.57. The van der Waals surface area contributed by atoms with Crippen molar-refractivity contribution in [3.05, 3.63) is 53.7 Å². The van der Waals surface area contributed by atoms with Crippen LogP contribution in [0.25, 0.3) is 0 Å². The number of methoxy groups -OCH3 is 1. The SMILES string of the molecule is COc1ccc(C(=O)NC(=S)Nc2cc(C)ccn2)cc1. The third kappa shape index (κ3) is 4.25. The predicted octanol–water partition coefficient (Wildman–Crippen LogP) is 2.53. The van der Waals surface area contributed by atoms with Crippen molar-refractivity contribution in [3.8, 4) is 5.75 Å². The molecule has 1 heterocycles. The number of carbonyl (C=O) groups excluding carboxylic acids is 1. The maximum absolute atomic E-state index is 12.0. The van der Waals surface area contributed by atoms with Crippen LogP contribution in [-0.2, 0) is 0 Å². The summed E-state index contributed by atoms with van der Waals surface area (Å²) in [6.07, 6.45) is 1.67. The van der Waals surface area contributed by atoms with Gasteiger partial charge in [0.05, 0.1) is 7.11 Å². The summed E-state index contributed by atoms with van der Waals surface area (Å²) in [6.45, 7) is 1.95. The highest BCUT2D eigenvalue weighted by atomic mass is 32.1. The van der Waals surface area contributed by atoms with E-state index in [9.17, 15) is 4.79 Å². The zero-order valence-electron chi connectivity index (χ0n) is 11.7. The number of aryl methyl sites for hydroxylation is 1. The average molecular weight is 301 g/mol. The molecule has 2 aromatic rings. The molecule has 6 heteroatoms. The fraction of sp³-hybridized carbons (Fsp3) is 0.133. The minimum Gasteiger partial charge on any atom is -0.497 e. The van der Waals surface area contributed by atoms with Gasteiger partial charge in [0.2, 0.25) is 0 Å². The van der Waals surface area contributed by atoms with Crippen molar-refractivity contribution in [2.45, 2.75) is 6.92 Å². The largest absolute Gasteiger partial charge is 0.497 e. The number of amides is 1. The molecular weight excluding hydrogens is 286 g/mol. The second-order valence-electron chi connectivity index (χ2n) is 4.36. The Kier molecular flexibility index (Phi) is 4.84. The standard InChI is InChI=1S/C15H15N3O2S/c1-10-7-8-16-13(9-10)17-15(21)18-14(19)11-3-5-12(20-2)6-4-11/h3-9H,1-2H3,(H2,16,17,18,19,21). The van der Waals surface area contributed by atoms with Gasteiger partial charge < -0.3 is 10.1 Å². The number of pyridine rings is 1. The molecule has 1 amide bonds. The normalized spacial score (nSPS) is 9.81. The van der Waals surface area contributed by atoms with Gasteiger partial charge in [-0.1, -0.05) is 0 Å². The Balaban J connectivity index is 1.96. The van der Waals surface area contributed by atoms with Crippen LogP contribution in [0.15, 0.2) is 42.6 Å². The topological polar surface area (TPSA) is 63.2 Å². The van der Waals surface area contributed by atoms with E-state index in [1.807, 2.05) is 19.1 Å². The van der Waals surface area contributed by atoms with E-state index in [2.05, 4.69) is 15.6 Å². The maximum Gasteiger partial charge on any atom is 0.257 e. The Bertz CT molecular complexity index is 656. The second-order valence-corrected chi connectivity index (χ2v) is 4.76. The molecule has 5 nitrogen and oxygen atoms in total. The summed E-state index contributed by atoms with van der Waals surface area (Å²) in [5.41, 5.74) is 1.55. The van der Waals surface area contributed by atoms with Gasteiger partial charge in [0.15, 0.2) is 5.11 Å². The second kappa shape index (κ2) is 6.81. The fourth-order valence-electron chi connectivity index (χ4n) is 1.67. The van der Waals surface area contributed by atoms with Crippen LogP contribution in [0.5, 0.6) is 5.75 Å². The molecule has 2 N–H and O–H groups in total. The molecule has 2 rings (SSSR count). The van der Waals surface area contributed by atoms with Crippen molar-refractivity contribution < 1.29 is 9.53 Å². The predicted molar refractivity (Wildman–Crippen MR) is 85.7 cm³/mol. The Hall–Kier alpha value is -2.47. The van der Waals surface area contributed by atoms with E-state index in [0.717, 1.165) is 5.56 Å². The number of aromatic nitrogens is 1. The molecule has 0 fully saturated rings. The summed E-state index contributed by atoms with van der Waals surface area (Å²) in [5.74, 6) is 0.994. The van der Waals surface area contributed by atoms with Crippen LogP contribution in [0.1, 0.15) is 15.9 Å². The van der Waals surface area contributed by atoms with E-state index in [1.165, 1.54) is 0 Å². The maximum atomic E-state index is 12.0. The molecule has 21 heavy (non-hydrogen) atoms. The van der Waals surface area contributed by atoms with Crippen molar-refractivity contribution in [2.24, 2.45) is 0 Å². The van der Waals surface area contributed by atoms with Crippen LogP contribution in [-0.4, -0.2) is 23.1 Å². The number of nitrogens with zero attached hydrogens (tertiary/aromatic N) is 1. The first kappa shape index (κ1) is 14.9. The van der Waals surface area contributed by atoms with Crippen LogP contribution < -0.4 is 15.4 Å². The number of hydrogen-bond donors (Lipinski definition) is 2. The van der Waals surface area contributed by atoms with Gasteiger partial charge in [-0.2, -0.15) is 0 Å². The van der Waals surface area contributed by atoms with Crippen LogP contribution in [0.2, 0.25) is 0 Å². The van der Waals surface area contributed by atoms with Gasteiger partial charge in [0.25, 0.3) is 5.91 Å². The Morgan fingerprint density at radius 1 is 1.24 bits per heavy atom. The van der Waals surface area contributed by atoms with E-state index < -0.39 is 0 Å². The van der Waals surface area contributed by atoms with Crippen LogP contribution in [0.4, 0.5) is 5.82 Å². The van der Waals surface area contributed by atoms with E-state index in [4.69, 9.17) is 17.0 Å². The highest BCUT2D eigenvalue weighted by Crippen LogP contribution is 2.11.